The highest BCUT2D eigenvalue weighted by Crippen LogP contribution is 2.26. The molecule has 0 unspecified atom stereocenters. The zero-order valence-corrected chi connectivity index (χ0v) is 23.4. The number of rotatable bonds is 10. The lowest BCUT2D eigenvalue weighted by Gasteiger charge is -2.34. The van der Waals surface area contributed by atoms with Crippen LogP contribution in [0.1, 0.15) is 50.8 Å². The fourth-order valence-electron chi connectivity index (χ4n) is 3.90. The van der Waals surface area contributed by atoms with E-state index in [1.807, 2.05) is 59.7 Å². The highest BCUT2D eigenvalue weighted by Gasteiger charge is 2.33. The second-order valence-electron chi connectivity index (χ2n) is 10.0. The second-order valence-corrected chi connectivity index (χ2v) is 11.9. The Morgan fingerprint density at radius 2 is 1.67 bits per heavy atom. The summed E-state index contributed by atoms with van der Waals surface area (Å²) in [5.41, 5.74) is 2.44. The van der Waals surface area contributed by atoms with E-state index in [0.29, 0.717) is 17.9 Å². The third kappa shape index (κ3) is 7.71. The zero-order valence-electron chi connectivity index (χ0n) is 22.6. The Bertz CT molecular complexity index is 1170. The van der Waals surface area contributed by atoms with E-state index >= 15 is 0 Å². The van der Waals surface area contributed by atoms with Gasteiger partial charge < -0.3 is 15.0 Å². The number of aryl methyl sites for hydroxylation is 1. The first-order valence-corrected chi connectivity index (χ1v) is 13.8. The topological polar surface area (TPSA) is 96.0 Å². The average molecular weight is 518 g/mol. The van der Waals surface area contributed by atoms with Gasteiger partial charge in [-0.1, -0.05) is 31.2 Å². The van der Waals surface area contributed by atoms with E-state index in [4.69, 9.17) is 4.74 Å². The zero-order chi connectivity index (χ0) is 27.3. The molecular weight excluding hydrogens is 478 g/mol. The number of nitrogens with zero attached hydrogens (tertiary/aromatic N) is 2. The SMILES string of the molecule is CC[C@@H](C(=O)NC(C)(C)C)N(Cc1ccc(OC)cc1)C(=O)CN(c1cccc(C)c1C)S(C)(=O)=O. The number of hydrogen-bond acceptors (Lipinski definition) is 5. The molecule has 0 saturated heterocycles. The van der Waals surface area contributed by atoms with Crippen molar-refractivity contribution < 1.29 is 22.7 Å². The molecule has 2 aromatic carbocycles. The number of sulfonamides is 1. The average Bonchev–Trinajstić information content (AvgIpc) is 2.77. The summed E-state index contributed by atoms with van der Waals surface area (Å²) < 4.78 is 32.0. The molecule has 9 heteroatoms. The summed E-state index contributed by atoms with van der Waals surface area (Å²) in [7, 11) is -2.21. The van der Waals surface area contributed by atoms with Crippen LogP contribution in [0, 0.1) is 13.8 Å². The molecule has 0 fully saturated rings. The van der Waals surface area contributed by atoms with Crippen molar-refractivity contribution in [2.45, 2.75) is 66.1 Å². The fraction of sp³-hybridized carbons (Fsp3) is 0.481. The van der Waals surface area contributed by atoms with Crippen LogP contribution in [0.15, 0.2) is 42.5 Å². The maximum atomic E-state index is 13.8. The standard InChI is InChI=1S/C27H39N3O5S/c1-9-23(26(32)28-27(4,5)6)29(17-21-13-15-22(35-7)16-14-21)25(31)18-30(36(8,33)34)24-12-10-11-19(2)20(24)3/h10-16,23H,9,17-18H2,1-8H3,(H,28,32)/t23-/m0/s1. The molecular formula is C27H39N3O5S. The van der Waals surface area contributed by atoms with Gasteiger partial charge in [0.1, 0.15) is 18.3 Å². The molecule has 0 bridgehead atoms. The van der Waals surface area contributed by atoms with Crippen LogP contribution in [0.3, 0.4) is 0 Å². The third-order valence-electron chi connectivity index (χ3n) is 5.92. The minimum absolute atomic E-state index is 0.142. The number of anilines is 1. The molecule has 0 spiro atoms. The monoisotopic (exact) mass is 517 g/mol. The van der Waals surface area contributed by atoms with E-state index in [-0.39, 0.29) is 12.5 Å². The van der Waals surface area contributed by atoms with E-state index in [0.717, 1.165) is 27.3 Å². The predicted octanol–water partition coefficient (Wildman–Crippen LogP) is 3.80. The van der Waals surface area contributed by atoms with Crippen molar-refractivity contribution in [3.8, 4) is 5.75 Å². The number of carbonyl (C=O) groups excluding carboxylic acids is 2. The predicted molar refractivity (Wildman–Crippen MR) is 144 cm³/mol. The van der Waals surface area contributed by atoms with E-state index < -0.39 is 34.1 Å². The highest BCUT2D eigenvalue weighted by molar-refractivity contribution is 7.92. The Labute approximate surface area is 215 Å². The summed E-state index contributed by atoms with van der Waals surface area (Å²) in [6, 6.07) is 11.8. The molecule has 1 N–H and O–H groups in total. The van der Waals surface area contributed by atoms with Crippen molar-refractivity contribution in [1.82, 2.24) is 10.2 Å². The van der Waals surface area contributed by atoms with Gasteiger partial charge in [-0.3, -0.25) is 13.9 Å². The molecule has 0 aliphatic rings. The maximum Gasteiger partial charge on any atom is 0.244 e. The first kappa shape index (κ1) is 29.2. The number of methoxy groups -OCH3 is 1. The van der Waals surface area contributed by atoms with Gasteiger partial charge in [0.25, 0.3) is 0 Å². The minimum atomic E-state index is -3.78. The van der Waals surface area contributed by atoms with Crippen LogP contribution in [0.5, 0.6) is 5.75 Å². The Morgan fingerprint density at radius 1 is 1.06 bits per heavy atom. The van der Waals surface area contributed by atoms with Crippen LogP contribution in [-0.2, 0) is 26.2 Å². The molecule has 198 valence electrons. The van der Waals surface area contributed by atoms with Gasteiger partial charge >= 0.3 is 0 Å². The molecule has 2 aromatic rings. The van der Waals surface area contributed by atoms with Crippen molar-refractivity contribution in [2.24, 2.45) is 0 Å². The number of carbonyl (C=O) groups is 2. The van der Waals surface area contributed by atoms with Gasteiger partial charge in [0, 0.05) is 12.1 Å². The molecule has 1 atom stereocenters. The van der Waals surface area contributed by atoms with Crippen molar-refractivity contribution in [2.75, 3.05) is 24.2 Å². The Morgan fingerprint density at radius 3 is 2.17 bits per heavy atom. The van der Waals surface area contributed by atoms with Crippen LogP contribution in [-0.4, -0.2) is 56.6 Å². The van der Waals surface area contributed by atoms with Gasteiger partial charge in [0.05, 0.1) is 19.1 Å². The number of ether oxygens (including phenoxy) is 1. The summed E-state index contributed by atoms with van der Waals surface area (Å²) in [6.07, 6.45) is 1.45. The largest absolute Gasteiger partial charge is 0.497 e. The van der Waals surface area contributed by atoms with Gasteiger partial charge in [-0.25, -0.2) is 8.42 Å². The Kier molecular flexibility index (Phi) is 9.54. The number of benzene rings is 2. The van der Waals surface area contributed by atoms with Crippen molar-refractivity contribution in [3.05, 3.63) is 59.2 Å². The Hall–Kier alpha value is -3.07. The van der Waals surface area contributed by atoms with Gasteiger partial charge in [-0.05, 0) is 75.9 Å². The summed E-state index contributed by atoms with van der Waals surface area (Å²) in [4.78, 5) is 28.5. The quantitative estimate of drug-likeness (QED) is 0.517. The summed E-state index contributed by atoms with van der Waals surface area (Å²) in [5.74, 6) is -0.0788. The van der Waals surface area contributed by atoms with Crippen molar-refractivity contribution in [1.29, 1.82) is 0 Å². The highest BCUT2D eigenvalue weighted by atomic mass is 32.2. The first-order chi connectivity index (χ1) is 16.7. The molecule has 0 saturated carbocycles. The summed E-state index contributed by atoms with van der Waals surface area (Å²) >= 11 is 0. The molecule has 0 heterocycles. The van der Waals surface area contributed by atoms with Gasteiger partial charge in [0.15, 0.2) is 0 Å². The lowest BCUT2D eigenvalue weighted by molar-refractivity contribution is -0.141. The Balaban J connectivity index is 2.50. The number of amides is 2. The number of hydrogen-bond donors (Lipinski definition) is 1. The van der Waals surface area contributed by atoms with Gasteiger partial charge in [0.2, 0.25) is 21.8 Å². The van der Waals surface area contributed by atoms with E-state index in [1.54, 1.807) is 31.4 Å². The molecule has 0 aliphatic carbocycles. The molecule has 36 heavy (non-hydrogen) atoms. The van der Waals surface area contributed by atoms with E-state index in [2.05, 4.69) is 5.32 Å². The fourth-order valence-corrected chi connectivity index (χ4v) is 4.80. The molecule has 0 aromatic heterocycles. The molecule has 8 nitrogen and oxygen atoms in total. The van der Waals surface area contributed by atoms with Gasteiger partial charge in [-0.2, -0.15) is 0 Å². The summed E-state index contributed by atoms with van der Waals surface area (Å²) in [6.45, 7) is 10.9. The van der Waals surface area contributed by atoms with Crippen LogP contribution >= 0.6 is 0 Å². The molecule has 2 rings (SSSR count). The van der Waals surface area contributed by atoms with Gasteiger partial charge in [-0.15, -0.1) is 0 Å². The summed E-state index contributed by atoms with van der Waals surface area (Å²) in [5, 5.41) is 2.96. The van der Waals surface area contributed by atoms with Crippen LogP contribution < -0.4 is 14.4 Å². The van der Waals surface area contributed by atoms with Crippen LogP contribution in [0.25, 0.3) is 0 Å². The molecule has 0 aliphatic heterocycles. The van der Waals surface area contributed by atoms with Crippen LogP contribution in [0.4, 0.5) is 5.69 Å². The van der Waals surface area contributed by atoms with Crippen LogP contribution in [0.2, 0.25) is 0 Å². The van der Waals surface area contributed by atoms with E-state index in [9.17, 15) is 18.0 Å². The lowest BCUT2D eigenvalue weighted by Crippen LogP contribution is -2.55. The van der Waals surface area contributed by atoms with Crippen molar-refractivity contribution in [3.63, 3.8) is 0 Å². The second kappa shape index (κ2) is 11.8. The number of nitrogens with one attached hydrogen (secondary N) is 1. The van der Waals surface area contributed by atoms with Crippen molar-refractivity contribution >= 4 is 27.5 Å². The third-order valence-corrected chi connectivity index (χ3v) is 7.05. The maximum absolute atomic E-state index is 13.8. The van der Waals surface area contributed by atoms with E-state index in [1.165, 1.54) is 4.90 Å². The molecule has 2 amide bonds. The minimum Gasteiger partial charge on any atom is -0.497 e. The lowest BCUT2D eigenvalue weighted by atomic mass is 10.1. The smallest absolute Gasteiger partial charge is 0.244 e. The first-order valence-electron chi connectivity index (χ1n) is 12.0. The molecule has 0 radical (unpaired) electrons. The normalized spacial score (nSPS) is 12.6.